The molecule has 2 aromatic heterocycles. The first-order chi connectivity index (χ1) is 12.1. The molecule has 0 saturated heterocycles. The number of unbranched alkanes of at least 4 members (excludes halogenated alkanes) is 1. The van der Waals surface area contributed by atoms with Crippen LogP contribution < -0.4 is 22.3 Å². The minimum absolute atomic E-state index is 0. The first-order valence-electron chi connectivity index (χ1n) is 8.30. The van der Waals surface area contributed by atoms with Gasteiger partial charge in [0.15, 0.2) is 5.65 Å². The molecule has 9 heteroatoms. The normalized spacial score (nSPS) is 10.7. The largest absolute Gasteiger partial charge is 0.399 e. The number of fused-ring (bicyclic) bond motifs is 1. The van der Waals surface area contributed by atoms with Crippen molar-refractivity contribution in [2.45, 2.75) is 32.9 Å². The minimum atomic E-state index is -0.350. The summed E-state index contributed by atoms with van der Waals surface area (Å²) < 4.78 is 2.81. The van der Waals surface area contributed by atoms with E-state index in [1.165, 1.54) is 9.13 Å². The van der Waals surface area contributed by atoms with Crippen molar-refractivity contribution in [3.05, 3.63) is 50.7 Å². The number of aromatic amines is 1. The van der Waals surface area contributed by atoms with Crippen LogP contribution in [0, 0.1) is 0 Å². The van der Waals surface area contributed by atoms with Gasteiger partial charge in [-0.15, -0.1) is 12.4 Å². The van der Waals surface area contributed by atoms with E-state index in [-0.39, 0.29) is 23.7 Å². The average Bonchev–Trinajstić information content (AvgIpc) is 3.04. The van der Waals surface area contributed by atoms with Crippen molar-refractivity contribution in [2.75, 3.05) is 18.1 Å². The summed E-state index contributed by atoms with van der Waals surface area (Å²) in [5.74, 6) is 0.510. The number of benzene rings is 1. The third-order valence-corrected chi connectivity index (χ3v) is 4.23. The summed E-state index contributed by atoms with van der Waals surface area (Å²) in [7, 11) is 1.71. The molecule has 0 aliphatic carbocycles. The number of nitrogen functional groups attached to an aromatic ring is 1. The Labute approximate surface area is 156 Å². The van der Waals surface area contributed by atoms with Gasteiger partial charge in [0.1, 0.15) is 11.2 Å². The highest BCUT2D eigenvalue weighted by atomic mass is 35.5. The second kappa shape index (κ2) is 8.09. The Morgan fingerprint density at radius 2 is 1.88 bits per heavy atom. The van der Waals surface area contributed by atoms with E-state index in [0.29, 0.717) is 35.6 Å². The number of halogens is 1. The predicted molar refractivity (Wildman–Crippen MR) is 106 cm³/mol. The second-order valence-corrected chi connectivity index (χ2v) is 5.97. The van der Waals surface area contributed by atoms with Gasteiger partial charge in [0.25, 0.3) is 5.56 Å². The third-order valence-electron chi connectivity index (χ3n) is 4.23. The number of nitrogens with one attached hydrogen (secondary N) is 2. The van der Waals surface area contributed by atoms with Gasteiger partial charge in [0, 0.05) is 19.3 Å². The molecule has 26 heavy (non-hydrogen) atoms. The molecule has 0 atom stereocenters. The number of hydrogen-bond acceptors (Lipinski definition) is 5. The highest BCUT2D eigenvalue weighted by Crippen LogP contribution is 2.16. The van der Waals surface area contributed by atoms with E-state index < -0.39 is 0 Å². The SMILES string of the molecule is CCCCn1c(=O)c2c(NC)[nH]nc2n(Cc2ccc(N)cc2)c1=O.Cl. The molecule has 0 radical (unpaired) electrons. The Morgan fingerprint density at radius 1 is 1.19 bits per heavy atom. The van der Waals surface area contributed by atoms with Crippen LogP contribution in [0.15, 0.2) is 33.9 Å². The van der Waals surface area contributed by atoms with Crippen LogP contribution in [0.1, 0.15) is 25.3 Å². The van der Waals surface area contributed by atoms with Gasteiger partial charge in [0.2, 0.25) is 0 Å². The highest BCUT2D eigenvalue weighted by molar-refractivity contribution is 5.86. The zero-order valence-corrected chi connectivity index (χ0v) is 15.6. The van der Waals surface area contributed by atoms with Gasteiger partial charge in [0.05, 0.1) is 6.54 Å². The molecule has 1 aromatic carbocycles. The topological polar surface area (TPSA) is 111 Å². The molecule has 3 aromatic rings. The summed E-state index contributed by atoms with van der Waals surface area (Å²) in [6, 6.07) is 7.30. The van der Waals surface area contributed by atoms with Crippen molar-refractivity contribution >= 4 is 34.9 Å². The van der Waals surface area contributed by atoms with Crippen molar-refractivity contribution in [1.29, 1.82) is 0 Å². The Balaban J connectivity index is 0.00000243. The Kier molecular flexibility index (Phi) is 6.10. The number of H-pyrrole nitrogens is 1. The summed E-state index contributed by atoms with van der Waals surface area (Å²) in [4.78, 5) is 25.7. The molecule has 0 aliphatic rings. The van der Waals surface area contributed by atoms with E-state index in [1.807, 2.05) is 19.1 Å². The molecule has 8 nitrogen and oxygen atoms in total. The predicted octanol–water partition coefficient (Wildman–Crippen LogP) is 1.78. The Hall–Kier alpha value is -2.74. The number of nitrogens with two attached hydrogens (primary N) is 1. The number of hydrogen-bond donors (Lipinski definition) is 3. The summed E-state index contributed by atoms with van der Waals surface area (Å²) in [5.41, 5.74) is 6.97. The fraction of sp³-hybridized carbons (Fsp3) is 0.353. The summed E-state index contributed by atoms with van der Waals surface area (Å²) in [5, 5.41) is 10.3. The van der Waals surface area contributed by atoms with E-state index in [9.17, 15) is 9.59 Å². The first-order valence-corrected chi connectivity index (χ1v) is 8.30. The molecule has 0 spiro atoms. The van der Waals surface area contributed by atoms with E-state index in [2.05, 4.69) is 15.5 Å². The number of aromatic nitrogens is 4. The van der Waals surface area contributed by atoms with Crippen molar-refractivity contribution < 1.29 is 0 Å². The molecule has 3 rings (SSSR count). The standard InChI is InChI=1S/C17H22N6O2.ClH/c1-3-4-9-22-16(24)13-14(19-2)20-21-15(13)23(17(22)25)10-11-5-7-12(18)8-6-11;/h5-8H,3-4,9-10,18H2,1-2H3,(H2,19,20,21);1H. The van der Waals surface area contributed by atoms with Gasteiger partial charge in [-0.05, 0) is 24.1 Å². The van der Waals surface area contributed by atoms with E-state index in [0.717, 1.165) is 18.4 Å². The fourth-order valence-corrected chi connectivity index (χ4v) is 2.83. The maximum atomic E-state index is 12.9. The van der Waals surface area contributed by atoms with Crippen molar-refractivity contribution in [1.82, 2.24) is 19.3 Å². The molecule has 4 N–H and O–H groups in total. The quantitative estimate of drug-likeness (QED) is 0.566. The lowest BCUT2D eigenvalue weighted by molar-refractivity contribution is 0.557. The lowest BCUT2D eigenvalue weighted by Crippen LogP contribution is -2.40. The minimum Gasteiger partial charge on any atom is -0.399 e. The summed E-state index contributed by atoms with van der Waals surface area (Å²) in [6.45, 7) is 2.73. The van der Waals surface area contributed by atoms with Crippen molar-refractivity contribution in [3.63, 3.8) is 0 Å². The zero-order valence-electron chi connectivity index (χ0n) is 14.8. The van der Waals surface area contributed by atoms with Crippen LogP contribution in [-0.4, -0.2) is 26.4 Å². The Bertz CT molecular complexity index is 1000. The molecule has 0 saturated carbocycles. The maximum absolute atomic E-state index is 12.9. The van der Waals surface area contributed by atoms with Crippen LogP contribution in [-0.2, 0) is 13.1 Å². The fourth-order valence-electron chi connectivity index (χ4n) is 2.83. The molecule has 0 unspecified atom stereocenters. The average molecular weight is 379 g/mol. The Morgan fingerprint density at radius 3 is 2.50 bits per heavy atom. The van der Waals surface area contributed by atoms with Crippen LogP contribution in [0.4, 0.5) is 11.5 Å². The summed E-state index contributed by atoms with van der Waals surface area (Å²) >= 11 is 0. The van der Waals surface area contributed by atoms with Crippen LogP contribution in [0.2, 0.25) is 0 Å². The molecule has 140 valence electrons. The molecular weight excluding hydrogens is 356 g/mol. The van der Waals surface area contributed by atoms with Gasteiger partial charge in [-0.3, -0.25) is 19.0 Å². The van der Waals surface area contributed by atoms with Gasteiger partial charge in [-0.1, -0.05) is 25.5 Å². The highest BCUT2D eigenvalue weighted by Gasteiger charge is 2.18. The van der Waals surface area contributed by atoms with Crippen LogP contribution in [0.5, 0.6) is 0 Å². The van der Waals surface area contributed by atoms with Gasteiger partial charge in [-0.25, -0.2) is 4.79 Å². The number of rotatable bonds is 6. The molecule has 2 heterocycles. The van der Waals surface area contributed by atoms with E-state index >= 15 is 0 Å². The third kappa shape index (κ3) is 3.45. The van der Waals surface area contributed by atoms with Crippen LogP contribution in [0.25, 0.3) is 11.0 Å². The van der Waals surface area contributed by atoms with Gasteiger partial charge in [-0.2, -0.15) is 5.10 Å². The van der Waals surface area contributed by atoms with Gasteiger partial charge < -0.3 is 11.1 Å². The number of anilines is 2. The van der Waals surface area contributed by atoms with Crippen LogP contribution in [0.3, 0.4) is 0 Å². The first kappa shape index (κ1) is 19.6. The molecule has 0 bridgehead atoms. The second-order valence-electron chi connectivity index (χ2n) is 5.97. The van der Waals surface area contributed by atoms with Gasteiger partial charge >= 0.3 is 5.69 Å². The summed E-state index contributed by atoms with van der Waals surface area (Å²) in [6.07, 6.45) is 1.65. The van der Waals surface area contributed by atoms with Crippen LogP contribution >= 0.6 is 12.4 Å². The molecule has 0 aliphatic heterocycles. The molecular formula is C17H23ClN6O2. The smallest absolute Gasteiger partial charge is 0.333 e. The molecule has 0 amide bonds. The lowest BCUT2D eigenvalue weighted by Gasteiger charge is -2.11. The van der Waals surface area contributed by atoms with Crippen molar-refractivity contribution in [3.8, 4) is 0 Å². The number of nitrogens with zero attached hydrogens (tertiary/aromatic N) is 3. The zero-order chi connectivity index (χ0) is 18.0. The van der Waals surface area contributed by atoms with E-state index in [4.69, 9.17) is 5.73 Å². The monoisotopic (exact) mass is 378 g/mol. The maximum Gasteiger partial charge on any atom is 0.333 e. The van der Waals surface area contributed by atoms with E-state index in [1.54, 1.807) is 19.2 Å². The lowest BCUT2D eigenvalue weighted by atomic mass is 10.2. The van der Waals surface area contributed by atoms with Crippen molar-refractivity contribution in [2.24, 2.45) is 0 Å². The molecule has 0 fully saturated rings.